The van der Waals surface area contributed by atoms with Gasteiger partial charge in [-0.2, -0.15) is 0 Å². The molecule has 3 aromatic carbocycles. The summed E-state index contributed by atoms with van der Waals surface area (Å²) in [6.45, 7) is 1.66. The molecule has 2 N–H and O–H groups in total. The third-order valence-corrected chi connectivity index (χ3v) is 6.31. The molecular weight excluding hydrogens is 476 g/mol. The van der Waals surface area contributed by atoms with Crippen LogP contribution in [-0.4, -0.2) is 24.2 Å². The molecule has 170 valence electrons. The Morgan fingerprint density at radius 3 is 2.06 bits per heavy atom. The van der Waals surface area contributed by atoms with Gasteiger partial charge < -0.3 is 5.32 Å². The normalized spacial score (nSPS) is 11.0. The Morgan fingerprint density at radius 1 is 0.939 bits per heavy atom. The fourth-order valence-electron chi connectivity index (χ4n) is 2.78. The van der Waals surface area contributed by atoms with E-state index in [9.17, 15) is 33.4 Å². The smallest absolute Gasteiger partial charge is 0.277 e. The molecule has 3 aromatic rings. The number of nitrogens with zero attached hydrogens (tertiary/aromatic N) is 2. The monoisotopic (exact) mass is 490 g/mol. The molecule has 33 heavy (non-hydrogen) atoms. The van der Waals surface area contributed by atoms with E-state index in [1.54, 1.807) is 25.1 Å². The average Bonchev–Trinajstić information content (AvgIpc) is 2.76. The molecule has 0 aliphatic carbocycles. The Kier molecular flexibility index (Phi) is 6.60. The Hall–Kier alpha value is -4.03. The lowest BCUT2D eigenvalue weighted by Gasteiger charge is -2.12. The van der Waals surface area contributed by atoms with Crippen LogP contribution >= 0.6 is 11.6 Å². The molecule has 13 heteroatoms. The van der Waals surface area contributed by atoms with Crippen molar-refractivity contribution in [2.45, 2.75) is 11.8 Å². The van der Waals surface area contributed by atoms with Gasteiger partial charge in [0.25, 0.3) is 27.3 Å². The Morgan fingerprint density at radius 2 is 1.52 bits per heavy atom. The van der Waals surface area contributed by atoms with Crippen LogP contribution in [0.3, 0.4) is 0 Å². The maximum absolute atomic E-state index is 12.7. The van der Waals surface area contributed by atoms with Crippen LogP contribution in [0, 0.1) is 27.2 Å². The third-order valence-electron chi connectivity index (χ3n) is 4.52. The van der Waals surface area contributed by atoms with Gasteiger partial charge in [-0.05, 0) is 48.9 Å². The lowest BCUT2D eigenvalue weighted by atomic mass is 10.1. The number of halogens is 1. The third kappa shape index (κ3) is 5.42. The van der Waals surface area contributed by atoms with E-state index in [0.717, 1.165) is 18.2 Å². The minimum absolute atomic E-state index is 0.0918. The van der Waals surface area contributed by atoms with E-state index in [2.05, 4.69) is 10.0 Å². The summed E-state index contributed by atoms with van der Waals surface area (Å²) in [5, 5.41) is 24.8. The Balaban J connectivity index is 1.81. The SMILES string of the molecule is Cc1c(Cl)cccc1NS(=O)(=O)c1ccc(NC(=O)c2cc([N+](=O)[O-])cc([N+](=O)[O-])c2)cc1. The molecule has 0 aliphatic heterocycles. The van der Waals surface area contributed by atoms with Crippen molar-refractivity contribution < 1.29 is 23.1 Å². The van der Waals surface area contributed by atoms with Gasteiger partial charge in [-0.25, -0.2) is 8.42 Å². The molecule has 0 bridgehead atoms. The van der Waals surface area contributed by atoms with Crippen molar-refractivity contribution in [2.75, 3.05) is 10.0 Å². The van der Waals surface area contributed by atoms with Crippen LogP contribution in [0.25, 0.3) is 0 Å². The highest BCUT2D eigenvalue weighted by Crippen LogP contribution is 2.26. The fourth-order valence-corrected chi connectivity index (χ4v) is 4.08. The first-order chi connectivity index (χ1) is 15.5. The maximum atomic E-state index is 12.7. The van der Waals surface area contributed by atoms with Crippen LogP contribution in [0.2, 0.25) is 5.02 Å². The molecule has 11 nitrogen and oxygen atoms in total. The van der Waals surface area contributed by atoms with E-state index in [-0.39, 0.29) is 16.1 Å². The summed E-state index contributed by atoms with van der Waals surface area (Å²) in [5.74, 6) is -0.843. The zero-order valence-corrected chi connectivity index (χ0v) is 18.4. The number of rotatable bonds is 7. The Labute approximate surface area is 192 Å². The lowest BCUT2D eigenvalue weighted by Crippen LogP contribution is -2.15. The zero-order chi connectivity index (χ0) is 24.3. The number of hydrogen-bond acceptors (Lipinski definition) is 7. The van der Waals surface area contributed by atoms with Crippen molar-refractivity contribution in [3.63, 3.8) is 0 Å². The molecule has 0 atom stereocenters. The van der Waals surface area contributed by atoms with E-state index in [4.69, 9.17) is 11.6 Å². The molecule has 0 aromatic heterocycles. The minimum atomic E-state index is -3.95. The second-order valence-electron chi connectivity index (χ2n) is 6.75. The number of nitro benzene ring substituents is 2. The van der Waals surface area contributed by atoms with E-state index in [1.807, 2.05) is 0 Å². The van der Waals surface area contributed by atoms with Gasteiger partial charge in [0.05, 0.1) is 32.1 Å². The van der Waals surface area contributed by atoms with Crippen LogP contribution < -0.4 is 10.0 Å². The van der Waals surface area contributed by atoms with Crippen LogP contribution in [-0.2, 0) is 10.0 Å². The number of anilines is 2. The van der Waals surface area contributed by atoms with Gasteiger partial charge in [0.2, 0.25) is 0 Å². The predicted molar refractivity (Wildman–Crippen MR) is 121 cm³/mol. The molecule has 0 saturated heterocycles. The molecule has 0 radical (unpaired) electrons. The largest absolute Gasteiger partial charge is 0.322 e. The summed E-state index contributed by atoms with van der Waals surface area (Å²) >= 11 is 6.01. The van der Waals surface area contributed by atoms with E-state index < -0.39 is 37.2 Å². The van der Waals surface area contributed by atoms with Crippen molar-refractivity contribution in [3.05, 3.63) is 97.0 Å². The van der Waals surface area contributed by atoms with Crippen molar-refractivity contribution in [1.82, 2.24) is 0 Å². The van der Waals surface area contributed by atoms with E-state index in [1.165, 1.54) is 24.3 Å². The predicted octanol–water partition coefficient (Wildman–Crippen LogP) is 4.52. The quantitative estimate of drug-likeness (QED) is 0.363. The van der Waals surface area contributed by atoms with Crippen LogP contribution in [0.4, 0.5) is 22.7 Å². The second-order valence-corrected chi connectivity index (χ2v) is 8.84. The first-order valence-electron chi connectivity index (χ1n) is 9.11. The second kappa shape index (κ2) is 9.22. The van der Waals surface area contributed by atoms with Crippen molar-refractivity contribution in [1.29, 1.82) is 0 Å². The molecule has 0 spiro atoms. The molecule has 0 saturated carbocycles. The van der Waals surface area contributed by atoms with Crippen molar-refractivity contribution in [2.24, 2.45) is 0 Å². The highest BCUT2D eigenvalue weighted by Gasteiger charge is 2.20. The number of sulfonamides is 1. The number of carbonyl (C=O) groups excluding carboxylic acids is 1. The topological polar surface area (TPSA) is 162 Å². The summed E-state index contributed by atoms with van der Waals surface area (Å²) < 4.78 is 27.7. The highest BCUT2D eigenvalue weighted by molar-refractivity contribution is 7.92. The number of nitro groups is 2. The van der Waals surface area contributed by atoms with Gasteiger partial charge in [0, 0.05) is 22.8 Å². The Bertz CT molecular complexity index is 1340. The average molecular weight is 491 g/mol. The summed E-state index contributed by atoms with van der Waals surface area (Å²) in [7, 11) is -3.95. The highest BCUT2D eigenvalue weighted by atomic mass is 35.5. The van der Waals surface area contributed by atoms with Gasteiger partial charge in [-0.3, -0.25) is 29.7 Å². The van der Waals surface area contributed by atoms with Gasteiger partial charge in [0.1, 0.15) is 0 Å². The molecule has 3 rings (SSSR count). The summed E-state index contributed by atoms with van der Waals surface area (Å²) in [6, 6.07) is 12.4. The van der Waals surface area contributed by atoms with Crippen molar-refractivity contribution in [3.8, 4) is 0 Å². The summed E-state index contributed by atoms with van der Waals surface area (Å²) in [5.41, 5.74) is -0.487. The van der Waals surface area contributed by atoms with Crippen molar-refractivity contribution >= 4 is 50.3 Å². The summed E-state index contributed by atoms with van der Waals surface area (Å²) in [6.07, 6.45) is 0. The van der Waals surface area contributed by atoms with Gasteiger partial charge in [-0.1, -0.05) is 17.7 Å². The molecular formula is C20H15ClN4O7S. The molecule has 0 unspecified atom stereocenters. The zero-order valence-electron chi connectivity index (χ0n) is 16.8. The molecule has 0 aliphatic rings. The number of amides is 1. The fraction of sp³-hybridized carbons (Fsp3) is 0.0500. The van der Waals surface area contributed by atoms with Gasteiger partial charge in [0.15, 0.2) is 0 Å². The standard InChI is InChI=1S/C20H15ClN4O7S/c1-12-18(21)3-2-4-19(12)23-33(31,32)17-7-5-14(6-8-17)22-20(26)13-9-15(24(27)28)11-16(10-13)25(29)30/h2-11,23H,1H3,(H,22,26). The molecule has 1 amide bonds. The van der Waals surface area contributed by atoms with Gasteiger partial charge >= 0.3 is 0 Å². The van der Waals surface area contributed by atoms with Crippen LogP contribution in [0.5, 0.6) is 0 Å². The molecule has 0 heterocycles. The van der Waals surface area contributed by atoms with E-state index in [0.29, 0.717) is 16.3 Å². The maximum Gasteiger partial charge on any atom is 0.277 e. The molecule has 0 fully saturated rings. The lowest BCUT2D eigenvalue weighted by molar-refractivity contribution is -0.394. The van der Waals surface area contributed by atoms with Crippen LogP contribution in [0.15, 0.2) is 65.6 Å². The van der Waals surface area contributed by atoms with Crippen LogP contribution in [0.1, 0.15) is 15.9 Å². The number of non-ortho nitro benzene ring substituents is 2. The number of hydrogen-bond donors (Lipinski definition) is 2. The summed E-state index contributed by atoms with van der Waals surface area (Å²) in [4.78, 5) is 32.7. The first kappa shape index (κ1) is 23.6. The minimum Gasteiger partial charge on any atom is -0.322 e. The van der Waals surface area contributed by atoms with E-state index >= 15 is 0 Å². The van der Waals surface area contributed by atoms with Gasteiger partial charge in [-0.15, -0.1) is 0 Å². The first-order valence-corrected chi connectivity index (χ1v) is 11.0. The number of carbonyl (C=O) groups is 1. The number of benzene rings is 3. The number of nitrogens with one attached hydrogen (secondary N) is 2.